The molecule has 0 bridgehead atoms. The van der Waals surface area contributed by atoms with Crippen molar-refractivity contribution in [3.05, 3.63) is 134 Å². The molecule has 0 aliphatic rings. The Kier molecular flexibility index (Phi) is 4.29. The van der Waals surface area contributed by atoms with E-state index in [0.717, 1.165) is 49.4 Å². The summed E-state index contributed by atoms with van der Waals surface area (Å²) < 4.78 is 2.34. The molecule has 0 saturated carbocycles. The predicted molar refractivity (Wildman–Crippen MR) is 187 cm³/mol. The molecule has 0 radical (unpaired) electrons. The van der Waals surface area contributed by atoms with Crippen LogP contribution >= 0.6 is 0 Å². The lowest BCUT2D eigenvalue weighted by atomic mass is 9.89. The average molecular weight is 571 g/mol. The molecule has 0 N–H and O–H groups in total. The Morgan fingerprint density at radius 3 is 1.98 bits per heavy atom. The highest BCUT2D eigenvalue weighted by Crippen LogP contribution is 2.42. The molecule has 0 saturated heterocycles. The molecule has 4 aromatic heterocycles. The topological polar surface area (TPSA) is 43.1 Å². The molecule has 206 valence electrons. The second-order valence-corrected chi connectivity index (χ2v) is 12.0. The smallest absolute Gasteiger partial charge is 0.146 e. The fourth-order valence-electron chi connectivity index (χ4n) is 7.86. The first-order valence-electron chi connectivity index (χ1n) is 15.3. The lowest BCUT2D eigenvalue weighted by Gasteiger charge is -2.15. The van der Waals surface area contributed by atoms with Crippen LogP contribution in [0.2, 0.25) is 0 Å². The van der Waals surface area contributed by atoms with Crippen LogP contribution in [-0.2, 0) is 0 Å². The van der Waals surface area contributed by atoms with Crippen molar-refractivity contribution >= 4 is 92.5 Å². The van der Waals surface area contributed by atoms with Gasteiger partial charge in [0.05, 0.1) is 27.6 Å². The van der Waals surface area contributed by atoms with Gasteiger partial charge in [0.2, 0.25) is 0 Å². The monoisotopic (exact) mass is 570 g/mol. The zero-order valence-corrected chi connectivity index (χ0v) is 24.0. The van der Waals surface area contributed by atoms with Gasteiger partial charge in [0.15, 0.2) is 0 Å². The Labute approximate surface area is 256 Å². The van der Waals surface area contributed by atoms with Gasteiger partial charge in [0, 0.05) is 33.9 Å². The van der Waals surface area contributed by atoms with E-state index in [1.165, 1.54) is 54.2 Å². The van der Waals surface area contributed by atoms with Crippen molar-refractivity contribution in [1.82, 2.24) is 19.4 Å². The maximum Gasteiger partial charge on any atom is 0.146 e. The van der Waals surface area contributed by atoms with Crippen molar-refractivity contribution in [3.63, 3.8) is 0 Å². The van der Waals surface area contributed by atoms with Crippen LogP contribution in [0.4, 0.5) is 0 Å². The van der Waals surface area contributed by atoms with E-state index >= 15 is 0 Å². The number of hydrogen-bond donors (Lipinski definition) is 0. The summed E-state index contributed by atoms with van der Waals surface area (Å²) >= 11 is 0. The third kappa shape index (κ3) is 2.93. The summed E-state index contributed by atoms with van der Waals surface area (Å²) in [4.78, 5) is 14.9. The van der Waals surface area contributed by atoms with Gasteiger partial charge in [-0.15, -0.1) is 0 Å². The van der Waals surface area contributed by atoms with Crippen molar-refractivity contribution in [1.29, 1.82) is 0 Å². The van der Waals surface area contributed by atoms with E-state index in [-0.39, 0.29) is 0 Å². The maximum atomic E-state index is 5.34. The van der Waals surface area contributed by atoms with Gasteiger partial charge in [-0.3, -0.25) is 14.4 Å². The molecule has 11 aromatic rings. The van der Waals surface area contributed by atoms with E-state index in [1.54, 1.807) is 0 Å². The molecule has 4 heterocycles. The fraction of sp³-hybridized carbons (Fsp3) is 0. The van der Waals surface area contributed by atoms with Gasteiger partial charge in [-0.25, -0.2) is 4.98 Å². The van der Waals surface area contributed by atoms with Crippen LogP contribution < -0.4 is 0 Å². The molecule has 0 unspecified atom stereocenters. The van der Waals surface area contributed by atoms with E-state index in [0.29, 0.717) is 0 Å². The number of benzene rings is 7. The van der Waals surface area contributed by atoms with Crippen LogP contribution in [0.25, 0.3) is 104 Å². The maximum absolute atomic E-state index is 5.34. The molecule has 45 heavy (non-hydrogen) atoms. The van der Waals surface area contributed by atoms with Gasteiger partial charge in [-0.1, -0.05) is 84.9 Å². The quantitative estimate of drug-likeness (QED) is 0.184. The van der Waals surface area contributed by atoms with Gasteiger partial charge in [-0.05, 0) is 85.2 Å². The second-order valence-electron chi connectivity index (χ2n) is 12.0. The number of nitrogens with zero attached hydrogens (tertiary/aromatic N) is 4. The Balaban J connectivity index is 1.30. The molecule has 4 heteroatoms. The van der Waals surface area contributed by atoms with Crippen LogP contribution in [0.3, 0.4) is 0 Å². The van der Waals surface area contributed by atoms with Crippen LogP contribution in [-0.4, -0.2) is 19.4 Å². The Morgan fingerprint density at radius 2 is 1.13 bits per heavy atom. The zero-order chi connectivity index (χ0) is 29.2. The number of imidazole rings is 1. The minimum atomic E-state index is 0.883. The predicted octanol–water partition coefficient (Wildman–Crippen LogP) is 10.5. The van der Waals surface area contributed by atoms with Crippen LogP contribution in [0.15, 0.2) is 134 Å². The SMILES string of the molecule is c1cc2ccc3ccc(-c4ccc5c(c4)c4ccccc4c4nc6c7cccnc7c7ncccc7c6n54)c4ccc(c1)c2c34. The van der Waals surface area contributed by atoms with E-state index in [1.807, 2.05) is 24.5 Å². The third-order valence-electron chi connectivity index (χ3n) is 9.76. The molecular weight excluding hydrogens is 548 g/mol. The highest BCUT2D eigenvalue weighted by atomic mass is 15.0. The number of aromatic nitrogens is 4. The van der Waals surface area contributed by atoms with Crippen molar-refractivity contribution < 1.29 is 0 Å². The molecule has 11 rings (SSSR count). The first kappa shape index (κ1) is 23.3. The van der Waals surface area contributed by atoms with E-state index < -0.39 is 0 Å². The second kappa shape index (κ2) is 8.28. The van der Waals surface area contributed by atoms with Crippen LogP contribution in [0, 0.1) is 0 Å². The van der Waals surface area contributed by atoms with E-state index in [2.05, 4.69) is 114 Å². The molecule has 0 aliphatic heterocycles. The Bertz CT molecular complexity index is 3030. The van der Waals surface area contributed by atoms with Gasteiger partial charge in [0.1, 0.15) is 5.65 Å². The van der Waals surface area contributed by atoms with Crippen LogP contribution in [0.5, 0.6) is 0 Å². The Hall–Kier alpha value is -6.13. The summed E-state index contributed by atoms with van der Waals surface area (Å²) in [5, 5.41) is 13.4. The molecule has 7 aromatic carbocycles. The molecule has 0 aliphatic carbocycles. The highest BCUT2D eigenvalue weighted by Gasteiger charge is 2.20. The fourth-order valence-corrected chi connectivity index (χ4v) is 7.86. The van der Waals surface area contributed by atoms with Gasteiger partial charge < -0.3 is 0 Å². The molecule has 0 atom stereocenters. The summed E-state index contributed by atoms with van der Waals surface area (Å²) in [7, 11) is 0. The minimum Gasteiger partial charge on any atom is -0.291 e. The third-order valence-corrected chi connectivity index (χ3v) is 9.76. The van der Waals surface area contributed by atoms with E-state index in [9.17, 15) is 0 Å². The average Bonchev–Trinajstić information content (AvgIpc) is 3.52. The van der Waals surface area contributed by atoms with Crippen molar-refractivity contribution in [2.45, 2.75) is 0 Å². The van der Waals surface area contributed by atoms with Gasteiger partial charge >= 0.3 is 0 Å². The summed E-state index contributed by atoms with van der Waals surface area (Å²) in [6, 6.07) is 44.0. The number of pyridine rings is 3. The molecule has 0 fully saturated rings. The summed E-state index contributed by atoms with van der Waals surface area (Å²) in [6.07, 6.45) is 3.69. The molecular formula is C41H22N4. The van der Waals surface area contributed by atoms with Crippen molar-refractivity contribution in [2.24, 2.45) is 0 Å². The molecule has 0 spiro atoms. The summed E-state index contributed by atoms with van der Waals surface area (Å²) in [5.41, 5.74) is 8.32. The molecule has 4 nitrogen and oxygen atoms in total. The highest BCUT2D eigenvalue weighted by molar-refractivity contribution is 6.27. The number of hydrogen-bond acceptors (Lipinski definition) is 3. The largest absolute Gasteiger partial charge is 0.291 e. The van der Waals surface area contributed by atoms with Crippen LogP contribution in [0.1, 0.15) is 0 Å². The Morgan fingerprint density at radius 1 is 0.444 bits per heavy atom. The summed E-state index contributed by atoms with van der Waals surface area (Å²) in [5.74, 6) is 0. The van der Waals surface area contributed by atoms with Crippen molar-refractivity contribution in [3.8, 4) is 11.1 Å². The zero-order valence-electron chi connectivity index (χ0n) is 24.0. The molecule has 0 amide bonds. The normalized spacial score (nSPS) is 12.4. The lowest BCUT2D eigenvalue weighted by Crippen LogP contribution is -1.94. The minimum absolute atomic E-state index is 0.883. The van der Waals surface area contributed by atoms with Crippen molar-refractivity contribution in [2.75, 3.05) is 0 Å². The number of fused-ring (bicyclic) bond motifs is 13. The summed E-state index contributed by atoms with van der Waals surface area (Å²) in [6.45, 7) is 0. The van der Waals surface area contributed by atoms with Gasteiger partial charge in [0.25, 0.3) is 0 Å². The first-order chi connectivity index (χ1) is 22.3. The van der Waals surface area contributed by atoms with Gasteiger partial charge in [-0.2, -0.15) is 0 Å². The lowest BCUT2D eigenvalue weighted by molar-refractivity contribution is 1.32. The standard InChI is InChI=1S/C41H22N4/c1-2-9-30-28(8-1)33-22-26(27-17-14-25-13-12-23-6-3-7-24-15-18-29(27)36(25)35(23)24)16-19-34(33)45-40-32-11-5-21-43-38(32)37-31(10-4-20-42-37)39(40)44-41(30)45/h1-22H. The number of rotatable bonds is 1. The first-order valence-corrected chi connectivity index (χ1v) is 15.3. The van der Waals surface area contributed by atoms with E-state index in [4.69, 9.17) is 15.0 Å².